The number of carbonyl (C=O) groups is 2. The lowest BCUT2D eigenvalue weighted by atomic mass is 10.0. The number of hydrogen-bond acceptors (Lipinski definition) is 5. The van der Waals surface area contributed by atoms with Crippen LogP contribution in [0.1, 0.15) is 26.7 Å². The monoisotopic (exact) mass is 389 g/mol. The van der Waals surface area contributed by atoms with Crippen molar-refractivity contribution in [1.29, 1.82) is 0 Å². The Kier molecular flexibility index (Phi) is 7.28. The standard InChI is InChI=1S/C21H31N3O4/c1-16(2)13-17(23-9-11-27-12-10-23)14-22-20(25)7-8-24-18-5-3-4-6-19(18)28-15-21(24)26/h3-6,16-17H,7-15H2,1-2H3,(H,22,25). The summed E-state index contributed by atoms with van der Waals surface area (Å²) in [6.45, 7) is 8.74. The Morgan fingerprint density at radius 3 is 2.71 bits per heavy atom. The molecule has 1 unspecified atom stereocenters. The van der Waals surface area contributed by atoms with Gasteiger partial charge in [-0.1, -0.05) is 26.0 Å². The number of rotatable bonds is 8. The summed E-state index contributed by atoms with van der Waals surface area (Å²) in [5.74, 6) is 1.11. The Balaban J connectivity index is 1.51. The van der Waals surface area contributed by atoms with Gasteiger partial charge in [0.15, 0.2) is 6.61 Å². The molecule has 2 heterocycles. The number of para-hydroxylation sites is 2. The van der Waals surface area contributed by atoms with Crippen molar-refractivity contribution >= 4 is 17.5 Å². The number of hydrogen-bond donors (Lipinski definition) is 1. The molecular formula is C21H31N3O4. The SMILES string of the molecule is CC(C)CC(CNC(=O)CCN1C(=O)COc2ccccc21)N1CCOCC1. The number of benzene rings is 1. The number of nitrogens with zero attached hydrogens (tertiary/aromatic N) is 2. The summed E-state index contributed by atoms with van der Waals surface area (Å²) < 4.78 is 10.9. The topological polar surface area (TPSA) is 71.1 Å². The number of fused-ring (bicyclic) bond motifs is 1. The Morgan fingerprint density at radius 2 is 1.96 bits per heavy atom. The van der Waals surface area contributed by atoms with Gasteiger partial charge in [-0.05, 0) is 24.5 Å². The molecule has 0 bridgehead atoms. The van der Waals surface area contributed by atoms with Crippen LogP contribution < -0.4 is 15.0 Å². The molecule has 1 saturated heterocycles. The van der Waals surface area contributed by atoms with Gasteiger partial charge in [0.05, 0.1) is 18.9 Å². The highest BCUT2D eigenvalue weighted by atomic mass is 16.5. The van der Waals surface area contributed by atoms with E-state index in [2.05, 4.69) is 24.1 Å². The predicted molar refractivity (Wildman–Crippen MR) is 108 cm³/mol. The summed E-state index contributed by atoms with van der Waals surface area (Å²) >= 11 is 0. The molecule has 0 saturated carbocycles. The fourth-order valence-corrected chi connectivity index (χ4v) is 3.78. The second kappa shape index (κ2) is 9.89. The molecule has 7 heteroatoms. The van der Waals surface area contributed by atoms with Crippen molar-refractivity contribution < 1.29 is 19.1 Å². The number of ether oxygens (including phenoxy) is 2. The van der Waals surface area contributed by atoms with E-state index in [-0.39, 0.29) is 24.8 Å². The Bertz CT molecular complexity index is 673. The largest absolute Gasteiger partial charge is 0.482 e. The number of morpholine rings is 1. The lowest BCUT2D eigenvalue weighted by Gasteiger charge is -2.35. The molecule has 1 aromatic rings. The highest BCUT2D eigenvalue weighted by Gasteiger charge is 2.26. The molecule has 2 aliphatic heterocycles. The van der Waals surface area contributed by atoms with Crippen LogP contribution in [0.2, 0.25) is 0 Å². The molecule has 3 rings (SSSR count). The summed E-state index contributed by atoms with van der Waals surface area (Å²) in [5, 5.41) is 3.07. The van der Waals surface area contributed by atoms with Crippen molar-refractivity contribution in [1.82, 2.24) is 10.2 Å². The number of nitrogens with one attached hydrogen (secondary N) is 1. The third kappa shape index (κ3) is 5.45. The fourth-order valence-electron chi connectivity index (χ4n) is 3.78. The second-order valence-corrected chi connectivity index (χ2v) is 7.79. The predicted octanol–water partition coefficient (Wildman–Crippen LogP) is 1.67. The Morgan fingerprint density at radius 1 is 1.21 bits per heavy atom. The van der Waals surface area contributed by atoms with E-state index in [1.807, 2.05) is 24.3 Å². The van der Waals surface area contributed by atoms with Gasteiger partial charge in [-0.25, -0.2) is 0 Å². The first-order valence-electron chi connectivity index (χ1n) is 10.1. The van der Waals surface area contributed by atoms with Gasteiger partial charge in [-0.15, -0.1) is 0 Å². The molecule has 7 nitrogen and oxygen atoms in total. The molecule has 0 radical (unpaired) electrons. The molecule has 0 aliphatic carbocycles. The number of carbonyl (C=O) groups excluding carboxylic acids is 2. The van der Waals surface area contributed by atoms with Crippen molar-refractivity contribution in [2.75, 3.05) is 50.9 Å². The van der Waals surface area contributed by atoms with E-state index in [1.165, 1.54) is 0 Å². The van der Waals surface area contributed by atoms with Gasteiger partial charge in [0.25, 0.3) is 5.91 Å². The van der Waals surface area contributed by atoms with E-state index in [9.17, 15) is 9.59 Å². The van der Waals surface area contributed by atoms with Crippen molar-refractivity contribution in [2.45, 2.75) is 32.7 Å². The molecule has 2 aliphatic rings. The highest BCUT2D eigenvalue weighted by molar-refractivity contribution is 5.98. The Hall–Kier alpha value is -2.12. The molecule has 0 spiro atoms. The molecule has 1 fully saturated rings. The maximum absolute atomic E-state index is 12.5. The quantitative estimate of drug-likeness (QED) is 0.732. The lowest BCUT2D eigenvalue weighted by Crippen LogP contribution is -2.49. The van der Waals surface area contributed by atoms with Crippen LogP contribution in [0, 0.1) is 5.92 Å². The maximum Gasteiger partial charge on any atom is 0.265 e. The minimum absolute atomic E-state index is 0.0200. The average molecular weight is 389 g/mol. The van der Waals surface area contributed by atoms with Gasteiger partial charge < -0.3 is 19.7 Å². The summed E-state index contributed by atoms with van der Waals surface area (Å²) in [6.07, 6.45) is 1.31. The first-order chi connectivity index (χ1) is 13.5. The normalized spacial score (nSPS) is 18.5. The van der Waals surface area contributed by atoms with Crippen LogP contribution in [-0.2, 0) is 14.3 Å². The van der Waals surface area contributed by atoms with Crippen molar-refractivity contribution in [3.8, 4) is 5.75 Å². The zero-order chi connectivity index (χ0) is 19.9. The van der Waals surface area contributed by atoms with E-state index in [0.29, 0.717) is 30.8 Å². The summed E-state index contributed by atoms with van der Waals surface area (Å²) in [6, 6.07) is 7.75. The van der Waals surface area contributed by atoms with Crippen molar-refractivity contribution in [3.05, 3.63) is 24.3 Å². The van der Waals surface area contributed by atoms with E-state index in [1.54, 1.807) is 4.90 Å². The van der Waals surface area contributed by atoms with Gasteiger partial charge in [0.2, 0.25) is 5.91 Å². The van der Waals surface area contributed by atoms with Gasteiger partial charge >= 0.3 is 0 Å². The molecule has 28 heavy (non-hydrogen) atoms. The van der Waals surface area contributed by atoms with Crippen LogP contribution in [0.4, 0.5) is 5.69 Å². The van der Waals surface area contributed by atoms with E-state index in [0.717, 1.165) is 38.4 Å². The zero-order valence-electron chi connectivity index (χ0n) is 16.9. The zero-order valence-corrected chi connectivity index (χ0v) is 16.9. The fraction of sp³-hybridized carbons (Fsp3) is 0.619. The molecular weight excluding hydrogens is 358 g/mol. The maximum atomic E-state index is 12.5. The van der Waals surface area contributed by atoms with Crippen LogP contribution in [0.5, 0.6) is 5.75 Å². The minimum Gasteiger partial charge on any atom is -0.482 e. The third-order valence-corrected chi connectivity index (χ3v) is 5.21. The van der Waals surface area contributed by atoms with E-state index < -0.39 is 0 Å². The van der Waals surface area contributed by atoms with Gasteiger partial charge in [0, 0.05) is 38.6 Å². The van der Waals surface area contributed by atoms with E-state index >= 15 is 0 Å². The molecule has 0 aromatic heterocycles. The first-order valence-corrected chi connectivity index (χ1v) is 10.1. The Labute approximate surface area is 167 Å². The smallest absolute Gasteiger partial charge is 0.265 e. The summed E-state index contributed by atoms with van der Waals surface area (Å²) in [5.41, 5.74) is 0.734. The van der Waals surface area contributed by atoms with Crippen LogP contribution in [0.25, 0.3) is 0 Å². The average Bonchev–Trinajstić information content (AvgIpc) is 2.70. The van der Waals surface area contributed by atoms with Crippen LogP contribution >= 0.6 is 0 Å². The third-order valence-electron chi connectivity index (χ3n) is 5.21. The molecule has 2 amide bonds. The highest BCUT2D eigenvalue weighted by Crippen LogP contribution is 2.31. The molecule has 154 valence electrons. The minimum atomic E-state index is -0.113. The number of anilines is 1. The van der Waals surface area contributed by atoms with Crippen molar-refractivity contribution in [3.63, 3.8) is 0 Å². The number of amides is 2. The van der Waals surface area contributed by atoms with Crippen LogP contribution in [0.3, 0.4) is 0 Å². The molecule has 1 atom stereocenters. The first kappa shape index (κ1) is 20.6. The van der Waals surface area contributed by atoms with Crippen molar-refractivity contribution in [2.24, 2.45) is 5.92 Å². The lowest BCUT2D eigenvalue weighted by molar-refractivity contribution is -0.122. The molecule has 1 N–H and O–H groups in total. The second-order valence-electron chi connectivity index (χ2n) is 7.79. The van der Waals surface area contributed by atoms with Gasteiger partial charge in [-0.3, -0.25) is 14.5 Å². The van der Waals surface area contributed by atoms with Crippen LogP contribution in [0.15, 0.2) is 24.3 Å². The molecule has 1 aromatic carbocycles. The van der Waals surface area contributed by atoms with Gasteiger partial charge in [0.1, 0.15) is 5.75 Å². The van der Waals surface area contributed by atoms with Gasteiger partial charge in [-0.2, -0.15) is 0 Å². The van der Waals surface area contributed by atoms with E-state index in [4.69, 9.17) is 9.47 Å². The van der Waals surface area contributed by atoms with Crippen LogP contribution in [-0.4, -0.2) is 68.8 Å². The summed E-state index contributed by atoms with van der Waals surface area (Å²) in [4.78, 5) is 28.7. The summed E-state index contributed by atoms with van der Waals surface area (Å²) in [7, 11) is 0.